The lowest BCUT2D eigenvalue weighted by Crippen LogP contribution is -2.30. The van der Waals surface area contributed by atoms with Crippen molar-refractivity contribution < 1.29 is 0 Å². The number of nitrogens with zero attached hydrogens (tertiary/aromatic N) is 3. The molecule has 0 amide bonds. The van der Waals surface area contributed by atoms with Crippen LogP contribution < -0.4 is 11.1 Å². The molecule has 12 heavy (non-hydrogen) atoms. The van der Waals surface area contributed by atoms with Crippen molar-refractivity contribution in [3.8, 4) is 0 Å². The minimum atomic E-state index is 0.341. The van der Waals surface area contributed by atoms with Crippen molar-refractivity contribution in [1.29, 1.82) is 0 Å². The van der Waals surface area contributed by atoms with Gasteiger partial charge >= 0.3 is 0 Å². The van der Waals surface area contributed by atoms with Gasteiger partial charge in [-0.15, -0.1) is 5.10 Å². The standard InChI is InChI=1S/C6H11N5S/c7-6(12)8-2-1-4-11-5-3-9-10-11/h3,5H,1-2,4H2,(H3,7,8,12). The van der Waals surface area contributed by atoms with Crippen LogP contribution in [0, 0.1) is 0 Å². The lowest BCUT2D eigenvalue weighted by atomic mass is 10.4. The van der Waals surface area contributed by atoms with Gasteiger partial charge in [-0.1, -0.05) is 5.21 Å². The number of thiocarbonyl (C=S) groups is 1. The molecule has 3 N–H and O–H groups in total. The molecule has 0 aromatic carbocycles. The third-order valence-corrected chi connectivity index (χ3v) is 1.48. The van der Waals surface area contributed by atoms with Gasteiger partial charge in [-0.05, 0) is 18.6 Å². The number of aryl methyl sites for hydroxylation is 1. The van der Waals surface area contributed by atoms with Crippen molar-refractivity contribution >= 4 is 17.3 Å². The highest BCUT2D eigenvalue weighted by Gasteiger charge is 1.91. The Morgan fingerprint density at radius 3 is 3.08 bits per heavy atom. The Labute approximate surface area is 75.9 Å². The summed E-state index contributed by atoms with van der Waals surface area (Å²) in [6.45, 7) is 1.60. The highest BCUT2D eigenvalue weighted by molar-refractivity contribution is 7.80. The van der Waals surface area contributed by atoms with E-state index >= 15 is 0 Å². The van der Waals surface area contributed by atoms with Gasteiger partial charge in [0.05, 0.1) is 6.20 Å². The van der Waals surface area contributed by atoms with Gasteiger partial charge in [-0.2, -0.15) is 0 Å². The molecule has 0 spiro atoms. The minimum absolute atomic E-state index is 0.341. The number of hydrogen-bond acceptors (Lipinski definition) is 3. The summed E-state index contributed by atoms with van der Waals surface area (Å²) in [4.78, 5) is 0. The quantitative estimate of drug-likeness (QED) is 0.489. The fourth-order valence-electron chi connectivity index (χ4n) is 0.805. The Kier molecular flexibility index (Phi) is 3.46. The van der Waals surface area contributed by atoms with Crippen LogP contribution in [0.15, 0.2) is 12.4 Å². The third-order valence-electron chi connectivity index (χ3n) is 1.34. The van der Waals surface area contributed by atoms with E-state index in [9.17, 15) is 0 Å². The zero-order valence-corrected chi connectivity index (χ0v) is 7.42. The molecule has 6 heteroatoms. The maximum absolute atomic E-state index is 5.24. The van der Waals surface area contributed by atoms with Crippen LogP contribution in [-0.2, 0) is 6.54 Å². The first-order valence-corrected chi connectivity index (χ1v) is 4.07. The lowest BCUT2D eigenvalue weighted by Gasteiger charge is -2.02. The van der Waals surface area contributed by atoms with Gasteiger partial charge in [-0.3, -0.25) is 4.68 Å². The van der Waals surface area contributed by atoms with Crippen molar-refractivity contribution in [3.63, 3.8) is 0 Å². The maximum Gasteiger partial charge on any atom is 0.163 e. The van der Waals surface area contributed by atoms with E-state index in [1.54, 1.807) is 10.9 Å². The van der Waals surface area contributed by atoms with Crippen LogP contribution in [0.25, 0.3) is 0 Å². The van der Waals surface area contributed by atoms with Crippen LogP contribution in [0.1, 0.15) is 6.42 Å². The zero-order chi connectivity index (χ0) is 8.81. The molecule has 1 aromatic heterocycles. The summed E-state index contributed by atoms with van der Waals surface area (Å²) in [6, 6.07) is 0. The third kappa shape index (κ3) is 3.29. The second kappa shape index (κ2) is 4.66. The first kappa shape index (κ1) is 8.92. The molecule has 5 nitrogen and oxygen atoms in total. The second-order valence-corrected chi connectivity index (χ2v) is 2.75. The van der Waals surface area contributed by atoms with Gasteiger partial charge in [0.15, 0.2) is 5.11 Å². The number of aromatic nitrogens is 3. The lowest BCUT2D eigenvalue weighted by molar-refractivity contribution is 0.554. The predicted octanol–water partition coefficient (Wildman–Crippen LogP) is -0.499. The van der Waals surface area contributed by atoms with Crippen molar-refractivity contribution in [2.24, 2.45) is 5.73 Å². The van der Waals surface area contributed by atoms with E-state index in [1.165, 1.54) is 0 Å². The van der Waals surface area contributed by atoms with Crippen LogP contribution >= 0.6 is 12.2 Å². The molecule has 0 bridgehead atoms. The molecule has 0 aliphatic heterocycles. The summed E-state index contributed by atoms with van der Waals surface area (Å²) >= 11 is 4.64. The van der Waals surface area contributed by atoms with Gasteiger partial charge < -0.3 is 11.1 Å². The summed E-state index contributed by atoms with van der Waals surface area (Å²) in [5.41, 5.74) is 5.24. The molecular weight excluding hydrogens is 174 g/mol. The van der Waals surface area contributed by atoms with Crippen LogP contribution in [0.4, 0.5) is 0 Å². The van der Waals surface area contributed by atoms with E-state index < -0.39 is 0 Å². The van der Waals surface area contributed by atoms with Crippen LogP contribution in [0.5, 0.6) is 0 Å². The topological polar surface area (TPSA) is 68.8 Å². The van der Waals surface area contributed by atoms with Crippen LogP contribution in [0.3, 0.4) is 0 Å². The molecule has 66 valence electrons. The number of nitrogens with one attached hydrogen (secondary N) is 1. The average molecular weight is 185 g/mol. The number of rotatable bonds is 4. The van der Waals surface area contributed by atoms with Gasteiger partial charge in [0.25, 0.3) is 0 Å². The zero-order valence-electron chi connectivity index (χ0n) is 6.60. The predicted molar refractivity (Wildman–Crippen MR) is 49.4 cm³/mol. The Morgan fingerprint density at radius 2 is 2.50 bits per heavy atom. The first-order valence-electron chi connectivity index (χ1n) is 3.66. The normalized spacial score (nSPS) is 9.67. The maximum atomic E-state index is 5.24. The molecule has 1 heterocycles. The number of hydrogen-bond donors (Lipinski definition) is 2. The Balaban J connectivity index is 2.07. The van der Waals surface area contributed by atoms with Gasteiger partial charge in [0.1, 0.15) is 0 Å². The van der Waals surface area contributed by atoms with Crippen molar-refractivity contribution in [2.45, 2.75) is 13.0 Å². The summed E-state index contributed by atoms with van der Waals surface area (Å²) in [5.74, 6) is 0. The highest BCUT2D eigenvalue weighted by atomic mass is 32.1. The molecule has 1 rings (SSSR count). The fourth-order valence-corrected chi connectivity index (χ4v) is 0.907. The average Bonchev–Trinajstić information content (AvgIpc) is 2.49. The minimum Gasteiger partial charge on any atom is -0.376 e. The van der Waals surface area contributed by atoms with E-state index in [-0.39, 0.29) is 0 Å². The van der Waals surface area contributed by atoms with E-state index in [0.29, 0.717) is 5.11 Å². The molecule has 0 aliphatic carbocycles. The molecule has 0 saturated carbocycles. The largest absolute Gasteiger partial charge is 0.376 e. The van der Waals surface area contributed by atoms with Crippen LogP contribution in [0.2, 0.25) is 0 Å². The molecule has 1 aromatic rings. The van der Waals surface area contributed by atoms with E-state index in [0.717, 1.165) is 19.5 Å². The van der Waals surface area contributed by atoms with Crippen LogP contribution in [-0.4, -0.2) is 26.7 Å². The monoisotopic (exact) mass is 185 g/mol. The SMILES string of the molecule is NC(=S)NCCCn1ccnn1. The Bertz CT molecular complexity index is 232. The molecule has 0 fully saturated rings. The van der Waals surface area contributed by atoms with Gasteiger partial charge in [0.2, 0.25) is 0 Å². The van der Waals surface area contributed by atoms with Crippen molar-refractivity contribution in [2.75, 3.05) is 6.54 Å². The molecule has 0 saturated heterocycles. The molecular formula is C6H11N5S. The summed E-state index contributed by atoms with van der Waals surface area (Å²) in [5, 5.41) is 10.7. The number of nitrogens with two attached hydrogens (primary N) is 1. The van der Waals surface area contributed by atoms with E-state index in [4.69, 9.17) is 5.73 Å². The smallest absolute Gasteiger partial charge is 0.163 e. The molecule has 0 atom stereocenters. The van der Waals surface area contributed by atoms with Crippen molar-refractivity contribution in [3.05, 3.63) is 12.4 Å². The summed E-state index contributed by atoms with van der Waals surface area (Å²) < 4.78 is 1.77. The summed E-state index contributed by atoms with van der Waals surface area (Å²) in [6.07, 6.45) is 4.41. The summed E-state index contributed by atoms with van der Waals surface area (Å²) in [7, 11) is 0. The molecule has 0 aliphatic rings. The van der Waals surface area contributed by atoms with E-state index in [2.05, 4.69) is 27.8 Å². The Hall–Kier alpha value is -1.17. The van der Waals surface area contributed by atoms with E-state index in [1.807, 2.05) is 6.20 Å². The first-order chi connectivity index (χ1) is 5.79. The molecule has 0 unspecified atom stereocenters. The van der Waals surface area contributed by atoms with Gasteiger partial charge in [-0.25, -0.2) is 0 Å². The highest BCUT2D eigenvalue weighted by Crippen LogP contribution is 1.84. The second-order valence-electron chi connectivity index (χ2n) is 2.31. The van der Waals surface area contributed by atoms with Gasteiger partial charge in [0, 0.05) is 19.3 Å². The molecule has 0 radical (unpaired) electrons. The fraction of sp³-hybridized carbons (Fsp3) is 0.500. The Morgan fingerprint density at radius 1 is 1.67 bits per heavy atom. The van der Waals surface area contributed by atoms with Crippen molar-refractivity contribution in [1.82, 2.24) is 20.3 Å².